The van der Waals surface area contributed by atoms with Crippen LogP contribution in [0.2, 0.25) is 0 Å². The number of ketones is 1. The fraction of sp³-hybridized carbons (Fsp3) is 0.636. The van der Waals surface area contributed by atoms with Gasteiger partial charge in [0.05, 0.1) is 11.5 Å². The third kappa shape index (κ3) is 2.74. The lowest BCUT2D eigenvalue weighted by Gasteiger charge is -2.07. The molecule has 0 radical (unpaired) electrons. The summed E-state index contributed by atoms with van der Waals surface area (Å²) in [4.78, 5) is 16.0. The molecule has 1 aromatic heterocycles. The first-order chi connectivity index (χ1) is 8.02. The molecule has 0 aliphatic carbocycles. The van der Waals surface area contributed by atoms with E-state index in [2.05, 4.69) is 4.98 Å². The molecule has 1 atom stereocenters. The summed E-state index contributed by atoms with van der Waals surface area (Å²) in [6.07, 6.45) is 4.25. The fourth-order valence-electron chi connectivity index (χ4n) is 2.20. The molecule has 1 saturated heterocycles. The molecule has 0 N–H and O–H groups in total. The standard InChI is InChI=1S/C11H16N2O3S/c1-2-13-5-4-12-11(13)10(14)7-9-3-6-17(15,16)8-9/h4-5,9H,2-3,6-8H2,1H3. The molecule has 2 rings (SSSR count). The minimum absolute atomic E-state index is 0.0329. The Balaban J connectivity index is 2.03. The van der Waals surface area contributed by atoms with Crippen LogP contribution in [0.25, 0.3) is 0 Å². The first-order valence-corrected chi connectivity index (χ1v) is 7.58. The summed E-state index contributed by atoms with van der Waals surface area (Å²) in [5.74, 6) is 0.712. The van der Waals surface area contributed by atoms with E-state index in [1.165, 1.54) is 0 Å². The molecule has 1 fully saturated rings. The maximum atomic E-state index is 12.0. The molecule has 1 aliphatic heterocycles. The molecule has 0 spiro atoms. The van der Waals surface area contributed by atoms with Crippen LogP contribution in [-0.2, 0) is 16.4 Å². The molecule has 0 amide bonds. The van der Waals surface area contributed by atoms with Gasteiger partial charge >= 0.3 is 0 Å². The fourth-order valence-corrected chi connectivity index (χ4v) is 4.06. The van der Waals surface area contributed by atoms with Crippen LogP contribution in [0.15, 0.2) is 12.4 Å². The van der Waals surface area contributed by atoms with Gasteiger partial charge in [-0.2, -0.15) is 0 Å². The van der Waals surface area contributed by atoms with Crippen molar-refractivity contribution < 1.29 is 13.2 Å². The number of hydrogen-bond donors (Lipinski definition) is 0. The summed E-state index contributed by atoms with van der Waals surface area (Å²) in [5, 5.41) is 0. The normalized spacial score (nSPS) is 22.8. The molecule has 0 bridgehead atoms. The van der Waals surface area contributed by atoms with E-state index in [1.807, 2.05) is 6.92 Å². The Hall–Kier alpha value is -1.17. The van der Waals surface area contributed by atoms with Gasteiger partial charge in [0.2, 0.25) is 0 Å². The molecule has 1 unspecified atom stereocenters. The molecule has 17 heavy (non-hydrogen) atoms. The third-order valence-corrected chi connectivity index (χ3v) is 4.94. The molecule has 2 heterocycles. The highest BCUT2D eigenvalue weighted by atomic mass is 32.2. The van der Waals surface area contributed by atoms with Crippen LogP contribution in [0.3, 0.4) is 0 Å². The van der Waals surface area contributed by atoms with Crippen molar-refractivity contribution in [2.24, 2.45) is 5.92 Å². The zero-order valence-electron chi connectivity index (χ0n) is 9.80. The van der Waals surface area contributed by atoms with E-state index in [-0.39, 0.29) is 29.6 Å². The van der Waals surface area contributed by atoms with Crippen LogP contribution in [0.4, 0.5) is 0 Å². The van der Waals surface area contributed by atoms with Crippen LogP contribution in [0, 0.1) is 5.92 Å². The largest absolute Gasteiger partial charge is 0.329 e. The van der Waals surface area contributed by atoms with Crippen molar-refractivity contribution in [3.05, 3.63) is 18.2 Å². The first-order valence-electron chi connectivity index (χ1n) is 5.76. The minimum Gasteiger partial charge on any atom is -0.329 e. The molecule has 1 aromatic rings. The summed E-state index contributed by atoms with van der Waals surface area (Å²) in [5.41, 5.74) is 0. The predicted octanol–water partition coefficient (Wildman–Crippen LogP) is 0.911. The zero-order valence-corrected chi connectivity index (χ0v) is 10.6. The average molecular weight is 256 g/mol. The SMILES string of the molecule is CCn1ccnc1C(=O)CC1CCS(=O)(=O)C1. The number of carbonyl (C=O) groups is 1. The van der Waals surface area contributed by atoms with Gasteiger partial charge in [-0.3, -0.25) is 4.79 Å². The molecule has 5 nitrogen and oxygen atoms in total. The molecule has 6 heteroatoms. The van der Waals surface area contributed by atoms with Crippen molar-refractivity contribution >= 4 is 15.6 Å². The molecule has 1 aliphatic rings. The van der Waals surface area contributed by atoms with Gasteiger partial charge in [-0.1, -0.05) is 0 Å². The van der Waals surface area contributed by atoms with E-state index in [0.717, 1.165) is 0 Å². The van der Waals surface area contributed by atoms with Crippen molar-refractivity contribution in [1.82, 2.24) is 9.55 Å². The number of rotatable bonds is 4. The minimum atomic E-state index is -2.91. The van der Waals surface area contributed by atoms with Crippen LogP contribution in [0.1, 0.15) is 30.4 Å². The second kappa shape index (κ2) is 4.60. The van der Waals surface area contributed by atoms with Gasteiger partial charge in [-0.05, 0) is 19.3 Å². The second-order valence-corrected chi connectivity index (χ2v) is 6.66. The van der Waals surface area contributed by atoms with Crippen molar-refractivity contribution in [3.8, 4) is 0 Å². The molecule has 94 valence electrons. The van der Waals surface area contributed by atoms with Crippen LogP contribution in [0.5, 0.6) is 0 Å². The van der Waals surface area contributed by atoms with Gasteiger partial charge < -0.3 is 4.57 Å². The van der Waals surface area contributed by atoms with E-state index in [0.29, 0.717) is 18.8 Å². The Labute approximate surface area is 101 Å². The van der Waals surface area contributed by atoms with Crippen molar-refractivity contribution in [3.63, 3.8) is 0 Å². The first kappa shape index (κ1) is 12.3. The molecule has 0 saturated carbocycles. The monoisotopic (exact) mass is 256 g/mol. The number of sulfone groups is 1. The number of imidazole rings is 1. The van der Waals surface area contributed by atoms with E-state index in [1.54, 1.807) is 17.0 Å². The number of aromatic nitrogens is 2. The van der Waals surface area contributed by atoms with E-state index >= 15 is 0 Å². The lowest BCUT2D eigenvalue weighted by Crippen LogP contribution is -2.15. The molecular weight excluding hydrogens is 240 g/mol. The quantitative estimate of drug-likeness (QED) is 0.751. The Morgan fingerprint density at radius 2 is 2.35 bits per heavy atom. The van der Waals surface area contributed by atoms with E-state index in [4.69, 9.17) is 0 Å². The van der Waals surface area contributed by atoms with Gasteiger partial charge in [-0.15, -0.1) is 0 Å². The lowest BCUT2D eigenvalue weighted by molar-refractivity contribution is 0.0951. The smallest absolute Gasteiger partial charge is 0.198 e. The Bertz CT molecular complexity index is 519. The van der Waals surface area contributed by atoms with Gasteiger partial charge in [0.25, 0.3) is 0 Å². The highest BCUT2D eigenvalue weighted by Crippen LogP contribution is 2.23. The number of aryl methyl sites for hydroxylation is 1. The average Bonchev–Trinajstić information content (AvgIpc) is 2.84. The Kier molecular flexibility index (Phi) is 3.33. The zero-order chi connectivity index (χ0) is 12.5. The van der Waals surface area contributed by atoms with Crippen molar-refractivity contribution in [1.29, 1.82) is 0 Å². The molecular formula is C11H16N2O3S. The van der Waals surface area contributed by atoms with Crippen LogP contribution < -0.4 is 0 Å². The summed E-state index contributed by atoms with van der Waals surface area (Å²) in [7, 11) is -2.91. The van der Waals surface area contributed by atoms with E-state index in [9.17, 15) is 13.2 Å². The van der Waals surface area contributed by atoms with Crippen LogP contribution in [-0.4, -0.2) is 35.3 Å². The number of Topliss-reactive ketones (excluding diaryl/α,β-unsaturated/α-hetero) is 1. The summed E-state index contributed by atoms with van der Waals surface area (Å²) in [6.45, 7) is 2.64. The topological polar surface area (TPSA) is 69.0 Å². The number of nitrogens with zero attached hydrogens (tertiary/aromatic N) is 2. The Morgan fingerprint density at radius 1 is 1.59 bits per heavy atom. The summed E-state index contributed by atoms with van der Waals surface area (Å²) < 4.78 is 24.4. The van der Waals surface area contributed by atoms with Gasteiger partial charge in [0, 0.05) is 25.4 Å². The van der Waals surface area contributed by atoms with Gasteiger partial charge in [0.15, 0.2) is 21.4 Å². The van der Waals surface area contributed by atoms with E-state index < -0.39 is 9.84 Å². The molecule has 0 aromatic carbocycles. The number of carbonyl (C=O) groups excluding carboxylic acids is 1. The summed E-state index contributed by atoms with van der Waals surface area (Å²) >= 11 is 0. The third-order valence-electron chi connectivity index (χ3n) is 3.11. The highest BCUT2D eigenvalue weighted by molar-refractivity contribution is 7.91. The number of hydrogen-bond acceptors (Lipinski definition) is 4. The lowest BCUT2D eigenvalue weighted by atomic mass is 10.0. The second-order valence-electron chi connectivity index (χ2n) is 4.43. The predicted molar refractivity (Wildman–Crippen MR) is 63.6 cm³/mol. The summed E-state index contributed by atoms with van der Waals surface area (Å²) in [6, 6.07) is 0. The van der Waals surface area contributed by atoms with Crippen molar-refractivity contribution in [2.75, 3.05) is 11.5 Å². The van der Waals surface area contributed by atoms with Crippen LogP contribution >= 0.6 is 0 Å². The maximum Gasteiger partial charge on any atom is 0.198 e. The Morgan fingerprint density at radius 3 is 2.94 bits per heavy atom. The highest BCUT2D eigenvalue weighted by Gasteiger charge is 2.30. The maximum absolute atomic E-state index is 12.0. The van der Waals surface area contributed by atoms with Gasteiger partial charge in [0.1, 0.15) is 0 Å². The van der Waals surface area contributed by atoms with Crippen molar-refractivity contribution in [2.45, 2.75) is 26.3 Å². The van der Waals surface area contributed by atoms with Gasteiger partial charge in [-0.25, -0.2) is 13.4 Å².